The molecule has 0 spiro atoms. The number of ether oxygens (including phenoxy) is 1. The maximum absolute atomic E-state index is 13.5. The molecule has 0 atom stereocenters. The van der Waals surface area contributed by atoms with E-state index in [1.165, 1.54) is 24.9 Å². The number of carbonyl (C=O) groups excluding carboxylic acids is 3. The normalized spacial score (nSPS) is 11.5. The lowest BCUT2D eigenvalue weighted by molar-refractivity contribution is -0.117. The van der Waals surface area contributed by atoms with Crippen molar-refractivity contribution in [3.63, 3.8) is 0 Å². The molecule has 48 heavy (non-hydrogen) atoms. The Bertz CT molecular complexity index is 1960. The number of furan rings is 1. The van der Waals surface area contributed by atoms with Gasteiger partial charge in [-0.15, -0.1) is 11.8 Å². The molecule has 0 aliphatic carbocycles. The minimum atomic E-state index is -0.840. The van der Waals surface area contributed by atoms with Crippen molar-refractivity contribution in [3.05, 3.63) is 136 Å². The molecule has 0 saturated carbocycles. The maximum atomic E-state index is 13.5. The summed E-state index contributed by atoms with van der Waals surface area (Å²) in [5.74, 6) is 0.315. The zero-order valence-electron chi connectivity index (χ0n) is 26.2. The summed E-state index contributed by atoms with van der Waals surface area (Å²) in [5, 5.41) is 8.86. The van der Waals surface area contributed by atoms with Gasteiger partial charge in [0.15, 0.2) is 0 Å². The Morgan fingerprint density at radius 2 is 1.54 bits per heavy atom. The van der Waals surface area contributed by atoms with E-state index < -0.39 is 16.6 Å². The van der Waals surface area contributed by atoms with Gasteiger partial charge in [-0.05, 0) is 92.7 Å². The fourth-order valence-corrected chi connectivity index (χ4v) is 5.98. The van der Waals surface area contributed by atoms with Gasteiger partial charge in [0.1, 0.15) is 23.0 Å². The maximum Gasteiger partial charge on any atom is 0.272 e. The first kappa shape index (κ1) is 34.6. The lowest BCUT2D eigenvalue weighted by atomic mass is 10.2. The molecular formula is C37H31BrClN3O5S. The summed E-state index contributed by atoms with van der Waals surface area (Å²) in [5.41, 5.74) is 2.31. The number of rotatable bonds is 11. The van der Waals surface area contributed by atoms with Crippen LogP contribution >= 0.6 is 39.3 Å². The Morgan fingerprint density at radius 1 is 0.854 bits per heavy atom. The lowest BCUT2D eigenvalue weighted by Crippen LogP contribution is -2.33. The number of hydrogen-bond acceptors (Lipinski definition) is 6. The van der Waals surface area contributed by atoms with E-state index in [1.807, 2.05) is 50.2 Å². The van der Waals surface area contributed by atoms with Crippen molar-refractivity contribution in [1.29, 1.82) is 0 Å². The van der Waals surface area contributed by atoms with E-state index in [4.69, 9.17) is 20.8 Å². The molecule has 4 aromatic carbocycles. The number of thioether (sulfide) groups is 1. The standard InChI is InChI=1S/C37H31BrClN3O5S/c1-37(2,36(45)41-27-15-19-33(46-3)30(39)21-27)48-29-17-13-26(14-18-29)40-35(44)31(42-34(43)24-7-5-4-6-8-24)22-28-16-20-32(47-28)23-9-11-25(38)12-10-23/h4-22H,1-3H3,(H,40,44)(H,41,45)(H,42,43). The molecule has 1 aromatic heterocycles. The monoisotopic (exact) mass is 743 g/mol. The van der Waals surface area contributed by atoms with E-state index in [2.05, 4.69) is 31.9 Å². The fraction of sp³-hybridized carbons (Fsp3) is 0.108. The van der Waals surface area contributed by atoms with Crippen LogP contribution in [0.4, 0.5) is 11.4 Å². The molecular weight excluding hydrogens is 714 g/mol. The Labute approximate surface area is 296 Å². The second-order valence-corrected chi connectivity index (χ2v) is 14.0. The zero-order valence-corrected chi connectivity index (χ0v) is 29.3. The number of anilines is 2. The average Bonchev–Trinajstić information content (AvgIpc) is 3.54. The number of methoxy groups -OCH3 is 1. The lowest BCUT2D eigenvalue weighted by Gasteiger charge is -2.23. The number of carbonyl (C=O) groups is 3. The molecule has 0 saturated heterocycles. The van der Waals surface area contributed by atoms with E-state index in [9.17, 15) is 14.4 Å². The van der Waals surface area contributed by atoms with Gasteiger partial charge in [0.2, 0.25) is 5.91 Å². The van der Waals surface area contributed by atoms with Gasteiger partial charge in [-0.25, -0.2) is 0 Å². The predicted octanol–water partition coefficient (Wildman–Crippen LogP) is 9.29. The van der Waals surface area contributed by atoms with Gasteiger partial charge >= 0.3 is 0 Å². The van der Waals surface area contributed by atoms with Crippen LogP contribution in [0.2, 0.25) is 5.02 Å². The quantitative estimate of drug-likeness (QED) is 0.0919. The third-order valence-electron chi connectivity index (χ3n) is 7.01. The molecule has 1 heterocycles. The summed E-state index contributed by atoms with van der Waals surface area (Å²) in [6.45, 7) is 3.63. The molecule has 3 amide bonds. The zero-order chi connectivity index (χ0) is 34.3. The van der Waals surface area contributed by atoms with Crippen molar-refractivity contribution in [2.75, 3.05) is 17.7 Å². The number of amides is 3. The minimum absolute atomic E-state index is 0.00421. The molecule has 0 aliphatic heterocycles. The summed E-state index contributed by atoms with van der Waals surface area (Å²) >= 11 is 11.0. The molecule has 3 N–H and O–H groups in total. The Kier molecular flexibility index (Phi) is 11.1. The summed E-state index contributed by atoms with van der Waals surface area (Å²) in [6.07, 6.45) is 1.49. The van der Waals surface area contributed by atoms with Crippen LogP contribution in [0, 0.1) is 0 Å². The summed E-state index contributed by atoms with van der Waals surface area (Å²) in [4.78, 5) is 40.5. The predicted molar refractivity (Wildman–Crippen MR) is 195 cm³/mol. The van der Waals surface area contributed by atoms with E-state index >= 15 is 0 Å². The van der Waals surface area contributed by atoms with E-state index in [0.717, 1.165) is 14.9 Å². The van der Waals surface area contributed by atoms with Crippen molar-refractivity contribution in [1.82, 2.24) is 5.32 Å². The largest absolute Gasteiger partial charge is 0.495 e. The molecule has 0 aliphatic rings. The molecule has 11 heteroatoms. The Balaban J connectivity index is 1.29. The molecule has 0 unspecified atom stereocenters. The van der Waals surface area contributed by atoms with Crippen molar-refractivity contribution in [3.8, 4) is 17.1 Å². The molecule has 5 aromatic rings. The molecule has 5 rings (SSSR count). The van der Waals surface area contributed by atoms with Crippen molar-refractivity contribution in [2.45, 2.75) is 23.5 Å². The van der Waals surface area contributed by atoms with Crippen LogP contribution < -0.4 is 20.7 Å². The molecule has 0 bridgehead atoms. The van der Waals surface area contributed by atoms with Crippen LogP contribution in [-0.4, -0.2) is 29.6 Å². The van der Waals surface area contributed by atoms with Gasteiger partial charge < -0.3 is 25.1 Å². The highest BCUT2D eigenvalue weighted by molar-refractivity contribution is 9.10. The molecule has 8 nitrogen and oxygen atoms in total. The van der Waals surface area contributed by atoms with Crippen LogP contribution in [0.25, 0.3) is 17.4 Å². The van der Waals surface area contributed by atoms with E-state index in [1.54, 1.807) is 72.8 Å². The van der Waals surface area contributed by atoms with Gasteiger partial charge in [-0.3, -0.25) is 14.4 Å². The summed E-state index contributed by atoms with van der Waals surface area (Å²) < 4.78 is 11.3. The highest BCUT2D eigenvalue weighted by Gasteiger charge is 2.29. The summed E-state index contributed by atoms with van der Waals surface area (Å²) in [7, 11) is 1.53. The SMILES string of the molecule is COc1ccc(NC(=O)C(C)(C)Sc2ccc(NC(=O)C(=Cc3ccc(-c4ccc(Br)cc4)o3)NC(=O)c3ccccc3)cc2)cc1Cl. The topological polar surface area (TPSA) is 110 Å². The number of halogens is 2. The van der Waals surface area contributed by atoms with Crippen molar-refractivity contribution in [2.24, 2.45) is 0 Å². The first-order chi connectivity index (χ1) is 23.0. The first-order valence-corrected chi connectivity index (χ1v) is 16.7. The third kappa shape index (κ3) is 8.97. The smallest absolute Gasteiger partial charge is 0.272 e. The number of nitrogens with one attached hydrogen (secondary N) is 3. The second kappa shape index (κ2) is 15.4. The number of benzene rings is 4. The molecule has 0 radical (unpaired) electrons. The third-order valence-corrected chi connectivity index (χ3v) is 9.04. The van der Waals surface area contributed by atoms with Crippen LogP contribution in [0.15, 0.2) is 129 Å². The Hall–Kier alpha value is -4.77. The Morgan fingerprint density at radius 3 is 2.21 bits per heavy atom. The van der Waals surface area contributed by atoms with Gasteiger partial charge in [0.25, 0.3) is 11.8 Å². The highest BCUT2D eigenvalue weighted by Crippen LogP contribution is 2.35. The molecule has 244 valence electrons. The van der Waals surface area contributed by atoms with Gasteiger partial charge in [-0.1, -0.05) is 57.9 Å². The van der Waals surface area contributed by atoms with Gasteiger partial charge in [-0.2, -0.15) is 0 Å². The number of hydrogen-bond donors (Lipinski definition) is 3. The van der Waals surface area contributed by atoms with Crippen LogP contribution in [0.5, 0.6) is 5.75 Å². The van der Waals surface area contributed by atoms with Gasteiger partial charge in [0.05, 0.1) is 16.9 Å². The van der Waals surface area contributed by atoms with Crippen molar-refractivity contribution >= 4 is 74.5 Å². The van der Waals surface area contributed by atoms with Gasteiger partial charge in [0, 0.05) is 37.9 Å². The van der Waals surface area contributed by atoms with Crippen LogP contribution in [-0.2, 0) is 9.59 Å². The second-order valence-electron chi connectivity index (χ2n) is 11.0. The average molecular weight is 745 g/mol. The molecule has 0 fully saturated rings. The van der Waals surface area contributed by atoms with Crippen molar-refractivity contribution < 1.29 is 23.5 Å². The highest BCUT2D eigenvalue weighted by atomic mass is 79.9. The van der Waals surface area contributed by atoms with E-state index in [0.29, 0.717) is 39.2 Å². The van der Waals surface area contributed by atoms with Crippen LogP contribution in [0.1, 0.15) is 30.0 Å². The summed E-state index contributed by atoms with van der Waals surface area (Å²) in [6, 6.07) is 31.9. The van der Waals surface area contributed by atoms with E-state index in [-0.39, 0.29) is 11.6 Å². The fourth-order valence-electron chi connectivity index (χ4n) is 4.46. The minimum Gasteiger partial charge on any atom is -0.495 e. The first-order valence-electron chi connectivity index (χ1n) is 14.7. The van der Waals surface area contributed by atoms with Crippen LogP contribution in [0.3, 0.4) is 0 Å².